The first-order valence-corrected chi connectivity index (χ1v) is 6.65. The van der Waals surface area contributed by atoms with Gasteiger partial charge in [0.2, 0.25) is 0 Å². The van der Waals surface area contributed by atoms with Crippen LogP contribution in [-0.2, 0) is 4.74 Å². The maximum absolute atomic E-state index is 6.04. The molecule has 1 unspecified atom stereocenters. The van der Waals surface area contributed by atoms with Crippen LogP contribution in [0.2, 0.25) is 0 Å². The molecule has 104 valence electrons. The number of allylic oxidation sites excluding steroid dienone is 5. The van der Waals surface area contributed by atoms with Crippen molar-refractivity contribution in [3.63, 3.8) is 0 Å². The first-order chi connectivity index (χ1) is 9.01. The summed E-state index contributed by atoms with van der Waals surface area (Å²) < 4.78 is 5.58. The molecule has 4 heteroatoms. The maximum atomic E-state index is 6.04. The smallest absolute Gasteiger partial charge is 0.145 e. The molecule has 0 N–H and O–H groups in total. The van der Waals surface area contributed by atoms with Gasteiger partial charge in [-0.2, -0.15) is 5.10 Å². The second-order valence-electron chi connectivity index (χ2n) is 4.18. The summed E-state index contributed by atoms with van der Waals surface area (Å²) in [7, 11) is 7.92. The van der Waals surface area contributed by atoms with Gasteiger partial charge < -0.3 is 4.74 Å². The first kappa shape index (κ1) is 17.7. The molecule has 2 radical (unpaired) electrons. The molecular formula is C15H25BN2O. The summed E-state index contributed by atoms with van der Waals surface area (Å²) in [4.78, 5) is 0. The molecule has 0 aromatic heterocycles. The molecular weight excluding hydrogens is 235 g/mol. The summed E-state index contributed by atoms with van der Waals surface area (Å²) in [5.41, 5.74) is 2.52. The monoisotopic (exact) mass is 260 g/mol. The highest BCUT2D eigenvalue weighted by Crippen LogP contribution is 2.11. The Labute approximate surface area is 119 Å². The molecule has 0 amide bonds. The molecule has 0 aliphatic carbocycles. The van der Waals surface area contributed by atoms with Gasteiger partial charge in [-0.05, 0) is 32.8 Å². The maximum Gasteiger partial charge on any atom is 0.145 e. The second-order valence-corrected chi connectivity index (χ2v) is 4.18. The zero-order chi connectivity index (χ0) is 14.8. The molecule has 3 nitrogen and oxygen atoms in total. The molecule has 1 atom stereocenters. The SMILES string of the molecule is [B]C(/C(C)=C/C)=C(C=C)\C=N/N(C)C(CC)OCC. The van der Waals surface area contributed by atoms with Crippen molar-refractivity contribution >= 4 is 14.1 Å². The Balaban J connectivity index is 4.98. The van der Waals surface area contributed by atoms with Gasteiger partial charge in [0.25, 0.3) is 0 Å². The fourth-order valence-corrected chi connectivity index (χ4v) is 1.53. The Hall–Kier alpha value is -1.29. The molecule has 0 rings (SSSR count). The van der Waals surface area contributed by atoms with Gasteiger partial charge in [-0.1, -0.05) is 36.7 Å². The summed E-state index contributed by atoms with van der Waals surface area (Å²) in [6.45, 7) is 12.4. The molecule has 0 aromatic rings. The van der Waals surface area contributed by atoms with Gasteiger partial charge >= 0.3 is 0 Å². The minimum absolute atomic E-state index is 0.0173. The van der Waals surface area contributed by atoms with E-state index in [0.717, 1.165) is 17.6 Å². The third kappa shape index (κ3) is 5.93. The Morgan fingerprint density at radius 3 is 2.53 bits per heavy atom. The molecule has 0 bridgehead atoms. The van der Waals surface area contributed by atoms with Crippen LogP contribution in [0.25, 0.3) is 0 Å². The predicted molar refractivity (Wildman–Crippen MR) is 84.4 cm³/mol. The molecule has 0 saturated heterocycles. The van der Waals surface area contributed by atoms with E-state index in [1.54, 1.807) is 17.3 Å². The summed E-state index contributed by atoms with van der Waals surface area (Å²) in [5.74, 6) is 0. The topological polar surface area (TPSA) is 24.8 Å². The van der Waals surface area contributed by atoms with Crippen LogP contribution < -0.4 is 0 Å². The van der Waals surface area contributed by atoms with Crippen LogP contribution >= 0.6 is 0 Å². The normalized spacial score (nSPS) is 15.3. The average Bonchev–Trinajstić information content (AvgIpc) is 2.43. The lowest BCUT2D eigenvalue weighted by molar-refractivity contribution is -0.0426. The lowest BCUT2D eigenvalue weighted by atomic mass is 9.84. The Morgan fingerprint density at radius 2 is 2.11 bits per heavy atom. The molecule has 0 spiro atoms. The van der Waals surface area contributed by atoms with Crippen molar-refractivity contribution in [3.05, 3.63) is 35.3 Å². The van der Waals surface area contributed by atoms with Crippen molar-refractivity contribution < 1.29 is 4.74 Å². The Bertz CT molecular complexity index is 372. The van der Waals surface area contributed by atoms with Crippen LogP contribution in [0.15, 0.2) is 40.5 Å². The van der Waals surface area contributed by atoms with Gasteiger partial charge in [-0.25, -0.2) is 0 Å². The van der Waals surface area contributed by atoms with E-state index in [1.165, 1.54) is 0 Å². The van der Waals surface area contributed by atoms with Crippen LogP contribution in [0.5, 0.6) is 0 Å². The number of nitrogens with zero attached hydrogens (tertiary/aromatic N) is 2. The average molecular weight is 260 g/mol. The van der Waals surface area contributed by atoms with E-state index in [9.17, 15) is 0 Å². The lowest BCUT2D eigenvalue weighted by Gasteiger charge is -2.24. The summed E-state index contributed by atoms with van der Waals surface area (Å²) in [6, 6.07) is 0. The van der Waals surface area contributed by atoms with E-state index in [0.29, 0.717) is 12.1 Å². The van der Waals surface area contributed by atoms with Gasteiger partial charge in [-0.3, -0.25) is 5.01 Å². The van der Waals surface area contributed by atoms with Crippen molar-refractivity contribution in [2.45, 2.75) is 40.3 Å². The van der Waals surface area contributed by atoms with Crippen LogP contribution in [0.4, 0.5) is 0 Å². The number of rotatable bonds is 8. The molecule has 0 aromatic carbocycles. The highest BCUT2D eigenvalue weighted by molar-refractivity contribution is 6.26. The second kappa shape index (κ2) is 9.62. The molecule has 0 saturated carbocycles. The van der Waals surface area contributed by atoms with Crippen molar-refractivity contribution in [1.82, 2.24) is 5.01 Å². The first-order valence-electron chi connectivity index (χ1n) is 6.65. The quantitative estimate of drug-likeness (QED) is 0.220. The van der Waals surface area contributed by atoms with Crippen molar-refractivity contribution in [2.24, 2.45) is 5.10 Å². The Morgan fingerprint density at radius 1 is 1.47 bits per heavy atom. The van der Waals surface area contributed by atoms with Gasteiger partial charge in [0.05, 0.1) is 6.21 Å². The lowest BCUT2D eigenvalue weighted by Crippen LogP contribution is -2.29. The molecule has 19 heavy (non-hydrogen) atoms. The van der Waals surface area contributed by atoms with Gasteiger partial charge in [0.15, 0.2) is 0 Å². The number of ether oxygens (including phenoxy) is 1. The number of hydrogen-bond acceptors (Lipinski definition) is 3. The zero-order valence-corrected chi connectivity index (χ0v) is 12.8. The summed E-state index contributed by atoms with van der Waals surface area (Å²) >= 11 is 0. The van der Waals surface area contributed by atoms with Crippen molar-refractivity contribution in [1.29, 1.82) is 0 Å². The number of hydrazone groups is 1. The minimum Gasteiger partial charge on any atom is -0.357 e. The van der Waals surface area contributed by atoms with E-state index in [2.05, 4.69) is 18.6 Å². The van der Waals surface area contributed by atoms with E-state index < -0.39 is 0 Å². The van der Waals surface area contributed by atoms with Gasteiger partial charge in [-0.15, -0.1) is 0 Å². The highest BCUT2D eigenvalue weighted by atomic mass is 16.5. The molecule has 0 heterocycles. The minimum atomic E-state index is -0.0173. The standard InChI is InChI=1S/C15H25BN2O/c1-7-12(5)15(16)13(8-2)11-17-18(6)14(9-3)19-10-4/h7-8,11,14H,2,9-10H2,1,3-6H3/b12-7+,15-13-,17-11-. The highest BCUT2D eigenvalue weighted by Gasteiger charge is 2.09. The largest absolute Gasteiger partial charge is 0.357 e. The summed E-state index contributed by atoms with van der Waals surface area (Å²) in [6.07, 6.45) is 6.25. The van der Waals surface area contributed by atoms with Crippen LogP contribution in [-0.4, -0.2) is 39.0 Å². The third-order valence-electron chi connectivity index (χ3n) is 2.89. The van der Waals surface area contributed by atoms with Gasteiger partial charge in [0, 0.05) is 13.7 Å². The van der Waals surface area contributed by atoms with Crippen LogP contribution in [0.1, 0.15) is 34.1 Å². The fraction of sp³-hybridized carbons (Fsp3) is 0.533. The predicted octanol–water partition coefficient (Wildman–Crippen LogP) is 3.25. The van der Waals surface area contributed by atoms with Crippen LogP contribution in [0.3, 0.4) is 0 Å². The van der Waals surface area contributed by atoms with E-state index in [4.69, 9.17) is 12.6 Å². The fourth-order valence-electron chi connectivity index (χ4n) is 1.53. The van der Waals surface area contributed by atoms with E-state index in [1.807, 2.05) is 33.9 Å². The zero-order valence-electron chi connectivity index (χ0n) is 12.8. The third-order valence-corrected chi connectivity index (χ3v) is 2.89. The summed E-state index contributed by atoms with van der Waals surface area (Å²) in [5, 5.41) is 6.17. The molecule has 0 aliphatic heterocycles. The number of hydrogen-bond donors (Lipinski definition) is 0. The Kier molecular flexibility index (Phi) is 8.97. The van der Waals surface area contributed by atoms with Gasteiger partial charge in [0.1, 0.15) is 14.1 Å². The van der Waals surface area contributed by atoms with E-state index in [-0.39, 0.29) is 6.23 Å². The van der Waals surface area contributed by atoms with Crippen molar-refractivity contribution in [3.8, 4) is 0 Å². The van der Waals surface area contributed by atoms with Crippen molar-refractivity contribution in [2.75, 3.05) is 13.7 Å². The van der Waals surface area contributed by atoms with Crippen LogP contribution in [0, 0.1) is 0 Å². The molecule has 0 fully saturated rings. The molecule has 0 aliphatic rings. The van der Waals surface area contributed by atoms with E-state index >= 15 is 0 Å².